The van der Waals surface area contributed by atoms with Gasteiger partial charge in [0, 0.05) is 16.3 Å². The molecule has 0 bridgehead atoms. The van der Waals surface area contributed by atoms with Crippen LogP contribution in [0.25, 0.3) is 10.2 Å². The summed E-state index contributed by atoms with van der Waals surface area (Å²) in [6, 6.07) is 17.7. The molecule has 0 saturated heterocycles. The predicted octanol–water partition coefficient (Wildman–Crippen LogP) is 4.77. The van der Waals surface area contributed by atoms with Crippen molar-refractivity contribution < 1.29 is 22.7 Å². The summed E-state index contributed by atoms with van der Waals surface area (Å²) >= 11 is 7.32. The summed E-state index contributed by atoms with van der Waals surface area (Å²) in [5.74, 6) is -1.06. The number of nitrogens with zero attached hydrogens (tertiary/aromatic N) is 2. The summed E-state index contributed by atoms with van der Waals surface area (Å²) < 4.78 is 35.4. The number of hydrogen-bond donors (Lipinski definition) is 1. The van der Waals surface area contributed by atoms with Gasteiger partial charge in [-0.15, -0.1) is 0 Å². The molecule has 4 rings (SSSR count). The van der Waals surface area contributed by atoms with Crippen LogP contribution in [-0.4, -0.2) is 31.5 Å². The lowest BCUT2D eigenvalue weighted by Crippen LogP contribution is -2.23. The standard InChI is InChI=1S/C25H22ClN3O5S2/c1-3-34-23(30)15-29-21-12-9-18(26)14-22(21)35-25(29)27-24(31)17-5-4-6-19(13-17)28-36(32,33)20-10-7-16(2)8-11-20/h4-14,28H,3,15H2,1-2H3. The van der Waals surface area contributed by atoms with E-state index in [-0.39, 0.29) is 34.1 Å². The van der Waals surface area contributed by atoms with Crippen molar-refractivity contribution in [1.82, 2.24) is 4.57 Å². The van der Waals surface area contributed by atoms with Crippen LogP contribution in [0.1, 0.15) is 22.8 Å². The number of benzene rings is 3. The van der Waals surface area contributed by atoms with E-state index < -0.39 is 21.9 Å². The van der Waals surface area contributed by atoms with Gasteiger partial charge in [0.15, 0.2) is 4.80 Å². The minimum absolute atomic E-state index is 0.110. The second-order valence-electron chi connectivity index (χ2n) is 7.80. The molecule has 1 aromatic heterocycles. The highest BCUT2D eigenvalue weighted by Gasteiger charge is 2.16. The SMILES string of the molecule is CCOC(=O)Cn1c(=NC(=O)c2cccc(NS(=O)(=O)c3ccc(C)cc3)c2)sc2cc(Cl)ccc21. The van der Waals surface area contributed by atoms with Gasteiger partial charge >= 0.3 is 5.97 Å². The third-order valence-electron chi connectivity index (χ3n) is 5.13. The molecule has 1 amide bonds. The first-order valence-electron chi connectivity index (χ1n) is 10.9. The van der Waals surface area contributed by atoms with Gasteiger partial charge < -0.3 is 9.30 Å². The Labute approximate surface area is 216 Å². The van der Waals surface area contributed by atoms with Gasteiger partial charge in [-0.1, -0.05) is 46.7 Å². The molecular weight excluding hydrogens is 522 g/mol. The molecule has 0 fully saturated rings. The van der Waals surface area contributed by atoms with E-state index in [2.05, 4.69) is 9.71 Å². The third-order valence-corrected chi connectivity index (χ3v) is 7.80. The number of esters is 1. The van der Waals surface area contributed by atoms with Crippen molar-refractivity contribution in [3.05, 3.63) is 87.7 Å². The van der Waals surface area contributed by atoms with Crippen LogP contribution in [0.2, 0.25) is 5.02 Å². The van der Waals surface area contributed by atoms with Crippen LogP contribution >= 0.6 is 22.9 Å². The number of thiazole rings is 1. The third kappa shape index (κ3) is 5.84. The van der Waals surface area contributed by atoms with E-state index in [4.69, 9.17) is 16.3 Å². The maximum absolute atomic E-state index is 13.1. The second-order valence-corrected chi connectivity index (χ2v) is 10.9. The van der Waals surface area contributed by atoms with Crippen molar-refractivity contribution in [3.63, 3.8) is 0 Å². The van der Waals surface area contributed by atoms with E-state index in [1.54, 1.807) is 54.0 Å². The van der Waals surface area contributed by atoms with Crippen molar-refractivity contribution in [2.24, 2.45) is 4.99 Å². The molecule has 36 heavy (non-hydrogen) atoms. The van der Waals surface area contributed by atoms with Crippen molar-refractivity contribution in [1.29, 1.82) is 0 Å². The molecule has 8 nitrogen and oxygen atoms in total. The summed E-state index contributed by atoms with van der Waals surface area (Å²) in [5.41, 5.74) is 2.02. The molecule has 1 heterocycles. The van der Waals surface area contributed by atoms with Crippen molar-refractivity contribution in [2.75, 3.05) is 11.3 Å². The second kappa shape index (κ2) is 10.7. The number of carbonyl (C=O) groups is 2. The van der Waals surface area contributed by atoms with E-state index in [1.165, 1.54) is 35.6 Å². The zero-order chi connectivity index (χ0) is 25.9. The van der Waals surface area contributed by atoms with Gasteiger partial charge in [-0.05, 0) is 62.4 Å². The Morgan fingerprint density at radius 1 is 1.08 bits per heavy atom. The Morgan fingerprint density at radius 3 is 2.56 bits per heavy atom. The molecule has 0 aliphatic rings. The molecule has 0 saturated carbocycles. The first kappa shape index (κ1) is 25.6. The van der Waals surface area contributed by atoms with Crippen molar-refractivity contribution in [3.8, 4) is 0 Å². The van der Waals surface area contributed by atoms with Crippen LogP contribution < -0.4 is 9.52 Å². The van der Waals surface area contributed by atoms with E-state index in [1.807, 2.05) is 6.92 Å². The number of nitrogens with one attached hydrogen (secondary N) is 1. The fraction of sp³-hybridized carbons (Fsp3) is 0.160. The Hall–Kier alpha value is -3.47. The molecule has 0 atom stereocenters. The molecule has 3 aromatic carbocycles. The number of ether oxygens (including phenoxy) is 1. The minimum atomic E-state index is -3.84. The van der Waals surface area contributed by atoms with E-state index in [0.29, 0.717) is 10.5 Å². The molecule has 0 spiro atoms. The Bertz CT molecular complexity index is 1620. The first-order chi connectivity index (χ1) is 17.2. The fourth-order valence-corrected chi connectivity index (χ4v) is 5.77. The quantitative estimate of drug-likeness (QED) is 0.338. The number of aromatic nitrogens is 1. The molecule has 0 aliphatic carbocycles. The lowest BCUT2D eigenvalue weighted by atomic mass is 10.2. The Balaban J connectivity index is 1.68. The van der Waals surface area contributed by atoms with Gasteiger partial charge in [-0.3, -0.25) is 14.3 Å². The number of aryl methyl sites for hydroxylation is 1. The maximum Gasteiger partial charge on any atom is 0.326 e. The highest BCUT2D eigenvalue weighted by molar-refractivity contribution is 7.92. The van der Waals surface area contributed by atoms with Gasteiger partial charge in [-0.25, -0.2) is 8.42 Å². The smallest absolute Gasteiger partial charge is 0.326 e. The number of fused-ring (bicyclic) bond motifs is 1. The van der Waals surface area contributed by atoms with E-state index in [0.717, 1.165) is 10.3 Å². The van der Waals surface area contributed by atoms with Gasteiger partial charge in [0.25, 0.3) is 15.9 Å². The largest absolute Gasteiger partial charge is 0.465 e. The molecule has 11 heteroatoms. The highest BCUT2D eigenvalue weighted by atomic mass is 35.5. The number of sulfonamides is 1. The maximum atomic E-state index is 13.1. The molecule has 0 radical (unpaired) electrons. The average molecular weight is 544 g/mol. The van der Waals surface area contributed by atoms with Crippen LogP contribution in [0.15, 0.2) is 76.6 Å². The number of amides is 1. The van der Waals surface area contributed by atoms with Crippen molar-refractivity contribution in [2.45, 2.75) is 25.3 Å². The minimum Gasteiger partial charge on any atom is -0.465 e. The van der Waals surface area contributed by atoms with E-state index in [9.17, 15) is 18.0 Å². The average Bonchev–Trinajstić information content (AvgIpc) is 3.15. The zero-order valence-corrected chi connectivity index (χ0v) is 21.8. The van der Waals surface area contributed by atoms with Crippen LogP contribution in [-0.2, 0) is 26.1 Å². The van der Waals surface area contributed by atoms with Crippen molar-refractivity contribution >= 4 is 60.7 Å². The summed E-state index contributed by atoms with van der Waals surface area (Å²) in [6.07, 6.45) is 0. The number of halogens is 1. The number of carbonyl (C=O) groups excluding carboxylic acids is 2. The summed E-state index contributed by atoms with van der Waals surface area (Å²) in [4.78, 5) is 29.9. The van der Waals surface area contributed by atoms with Gasteiger partial charge in [-0.2, -0.15) is 4.99 Å². The number of anilines is 1. The molecule has 0 unspecified atom stereocenters. The molecule has 0 aliphatic heterocycles. The fourth-order valence-electron chi connectivity index (χ4n) is 3.42. The topological polar surface area (TPSA) is 107 Å². The van der Waals surface area contributed by atoms with Crippen LogP contribution in [0.3, 0.4) is 0 Å². The van der Waals surface area contributed by atoms with Crippen LogP contribution in [0.4, 0.5) is 5.69 Å². The molecule has 186 valence electrons. The molecule has 1 N–H and O–H groups in total. The van der Waals surface area contributed by atoms with Crippen LogP contribution in [0.5, 0.6) is 0 Å². The predicted molar refractivity (Wildman–Crippen MR) is 140 cm³/mol. The number of rotatable bonds is 7. The first-order valence-corrected chi connectivity index (χ1v) is 13.6. The summed E-state index contributed by atoms with van der Waals surface area (Å²) in [5, 5.41) is 0.512. The lowest BCUT2D eigenvalue weighted by molar-refractivity contribution is -0.143. The monoisotopic (exact) mass is 543 g/mol. The summed E-state index contributed by atoms with van der Waals surface area (Å²) in [6.45, 7) is 3.68. The summed E-state index contributed by atoms with van der Waals surface area (Å²) in [7, 11) is -3.84. The Morgan fingerprint density at radius 2 is 1.83 bits per heavy atom. The van der Waals surface area contributed by atoms with Crippen LogP contribution in [0, 0.1) is 6.92 Å². The number of hydrogen-bond acceptors (Lipinski definition) is 6. The zero-order valence-electron chi connectivity index (χ0n) is 19.4. The van der Waals surface area contributed by atoms with Gasteiger partial charge in [0.1, 0.15) is 6.54 Å². The normalized spacial score (nSPS) is 12.0. The van der Waals surface area contributed by atoms with E-state index >= 15 is 0 Å². The van der Waals surface area contributed by atoms with Gasteiger partial charge in [0.2, 0.25) is 0 Å². The lowest BCUT2D eigenvalue weighted by Gasteiger charge is -2.09. The van der Waals surface area contributed by atoms with Gasteiger partial charge in [0.05, 0.1) is 21.7 Å². The molecular formula is C25H22ClN3O5S2. The Kier molecular flexibility index (Phi) is 7.58. The molecule has 4 aromatic rings. The highest BCUT2D eigenvalue weighted by Crippen LogP contribution is 2.23.